The van der Waals surface area contributed by atoms with Crippen LogP contribution in [0.1, 0.15) is 54.5 Å². The van der Waals surface area contributed by atoms with Crippen molar-refractivity contribution in [2.75, 3.05) is 0 Å². The van der Waals surface area contributed by atoms with Crippen LogP contribution < -0.4 is 4.74 Å². The van der Waals surface area contributed by atoms with Gasteiger partial charge in [-0.3, -0.25) is 5.10 Å². The fourth-order valence-corrected chi connectivity index (χ4v) is 4.70. The highest BCUT2D eigenvalue weighted by atomic mass is 16.5. The van der Waals surface area contributed by atoms with Crippen LogP contribution in [0.5, 0.6) is 5.88 Å². The third kappa shape index (κ3) is 2.33. The number of fused-ring (bicyclic) bond motifs is 3. The molecule has 140 valence electrons. The molecule has 0 aliphatic heterocycles. The standard InChI is InChI=1S/C20H19N7O/c1-2-4-14(5-3-1)18-24-25-19-16-12-6-8-13(9-7-12)17(16)20(26-27(18)19)28-10-15-21-11-22-23-15/h1-5,11-13H,6-10H2,(H,21,22,23). The third-order valence-corrected chi connectivity index (χ3v) is 5.98. The first-order valence-electron chi connectivity index (χ1n) is 9.70. The quantitative estimate of drug-likeness (QED) is 0.590. The molecule has 3 aliphatic rings. The van der Waals surface area contributed by atoms with Gasteiger partial charge < -0.3 is 4.74 Å². The number of hydrogen-bond acceptors (Lipinski definition) is 6. The number of nitrogens with one attached hydrogen (secondary N) is 1. The Labute approximate surface area is 161 Å². The Hall–Kier alpha value is -3.29. The minimum absolute atomic E-state index is 0.311. The summed E-state index contributed by atoms with van der Waals surface area (Å²) in [6.45, 7) is 0.311. The first kappa shape index (κ1) is 15.7. The van der Waals surface area contributed by atoms with Crippen LogP contribution in [-0.2, 0) is 6.61 Å². The lowest BCUT2D eigenvalue weighted by molar-refractivity contribution is 0.261. The molecule has 4 aromatic rings. The summed E-state index contributed by atoms with van der Waals surface area (Å²) in [5.74, 6) is 3.09. The highest BCUT2D eigenvalue weighted by molar-refractivity contribution is 5.65. The molecule has 0 amide bonds. The zero-order chi connectivity index (χ0) is 18.5. The van der Waals surface area contributed by atoms with Gasteiger partial charge in [-0.15, -0.1) is 15.3 Å². The SMILES string of the molecule is c1ccc(-c2nnc3c4c(c(OCc5ncn[nH]5)nn23)C2CCC4CC2)cc1. The van der Waals surface area contributed by atoms with Gasteiger partial charge in [0.25, 0.3) is 0 Å². The van der Waals surface area contributed by atoms with Gasteiger partial charge in [0.05, 0.1) is 0 Å². The summed E-state index contributed by atoms with van der Waals surface area (Å²) in [6.07, 6.45) is 6.26. The molecule has 1 saturated carbocycles. The molecule has 8 heteroatoms. The summed E-state index contributed by atoms with van der Waals surface area (Å²) in [5, 5.41) is 20.6. The molecule has 0 spiro atoms. The lowest BCUT2D eigenvalue weighted by atomic mass is 9.67. The number of nitrogens with zero attached hydrogens (tertiary/aromatic N) is 6. The summed E-state index contributed by atoms with van der Waals surface area (Å²) in [6, 6.07) is 10.0. The zero-order valence-corrected chi connectivity index (χ0v) is 15.2. The number of rotatable bonds is 4. The molecular weight excluding hydrogens is 354 g/mol. The minimum Gasteiger partial charge on any atom is -0.468 e. The van der Waals surface area contributed by atoms with Crippen LogP contribution in [-0.4, -0.2) is 35.0 Å². The summed E-state index contributed by atoms with van der Waals surface area (Å²) in [4.78, 5) is 4.16. The predicted molar refractivity (Wildman–Crippen MR) is 101 cm³/mol. The Balaban J connectivity index is 1.54. The van der Waals surface area contributed by atoms with E-state index in [0.29, 0.717) is 30.1 Å². The Morgan fingerprint density at radius 2 is 1.79 bits per heavy atom. The van der Waals surface area contributed by atoms with Gasteiger partial charge in [-0.05, 0) is 37.5 Å². The normalized spacial score (nSPS) is 20.4. The average molecular weight is 373 g/mol. The molecule has 7 rings (SSSR count). The van der Waals surface area contributed by atoms with Crippen LogP contribution in [0.15, 0.2) is 36.7 Å². The topological polar surface area (TPSA) is 93.9 Å². The van der Waals surface area contributed by atoms with Gasteiger partial charge in [0.15, 0.2) is 17.3 Å². The molecule has 1 aromatic carbocycles. The molecule has 3 aromatic heterocycles. The third-order valence-electron chi connectivity index (χ3n) is 5.98. The van der Waals surface area contributed by atoms with Crippen molar-refractivity contribution in [2.45, 2.75) is 44.1 Å². The molecule has 8 nitrogen and oxygen atoms in total. The van der Waals surface area contributed by atoms with Crippen molar-refractivity contribution in [1.29, 1.82) is 0 Å². The molecule has 1 N–H and O–H groups in total. The average Bonchev–Trinajstić information content (AvgIpc) is 3.43. The molecule has 0 radical (unpaired) electrons. The van der Waals surface area contributed by atoms with Gasteiger partial charge in [-0.2, -0.15) is 9.61 Å². The summed E-state index contributed by atoms with van der Waals surface area (Å²) in [7, 11) is 0. The second-order valence-electron chi connectivity index (χ2n) is 7.53. The van der Waals surface area contributed by atoms with Crippen molar-refractivity contribution in [3.63, 3.8) is 0 Å². The zero-order valence-electron chi connectivity index (χ0n) is 15.2. The van der Waals surface area contributed by atoms with Gasteiger partial charge in [-0.1, -0.05) is 30.3 Å². The lowest BCUT2D eigenvalue weighted by Gasteiger charge is -2.38. The van der Waals surface area contributed by atoms with Crippen LogP contribution in [0.2, 0.25) is 0 Å². The first-order chi connectivity index (χ1) is 13.9. The molecule has 0 saturated heterocycles. The number of aromatic amines is 1. The van der Waals surface area contributed by atoms with E-state index in [1.54, 1.807) is 0 Å². The fraction of sp³-hybridized carbons (Fsp3) is 0.350. The van der Waals surface area contributed by atoms with Crippen molar-refractivity contribution in [1.82, 2.24) is 35.0 Å². The van der Waals surface area contributed by atoms with Crippen molar-refractivity contribution in [3.05, 3.63) is 53.6 Å². The van der Waals surface area contributed by atoms with E-state index in [1.807, 2.05) is 34.8 Å². The number of benzene rings is 1. The van der Waals surface area contributed by atoms with Crippen molar-refractivity contribution in [3.8, 4) is 17.3 Å². The molecule has 0 unspecified atom stereocenters. The number of aromatic nitrogens is 7. The van der Waals surface area contributed by atoms with Gasteiger partial charge in [-0.25, -0.2) is 4.98 Å². The highest BCUT2D eigenvalue weighted by Crippen LogP contribution is 2.53. The lowest BCUT2D eigenvalue weighted by Crippen LogP contribution is -2.25. The number of H-pyrrole nitrogens is 1. The van der Waals surface area contributed by atoms with Crippen LogP contribution in [0, 0.1) is 0 Å². The van der Waals surface area contributed by atoms with Crippen molar-refractivity contribution >= 4 is 5.65 Å². The smallest absolute Gasteiger partial charge is 0.236 e. The van der Waals surface area contributed by atoms with Crippen LogP contribution in [0.3, 0.4) is 0 Å². The second kappa shape index (κ2) is 6.12. The Morgan fingerprint density at radius 1 is 1.00 bits per heavy atom. The van der Waals surface area contributed by atoms with Gasteiger partial charge in [0.2, 0.25) is 5.88 Å². The maximum atomic E-state index is 6.15. The minimum atomic E-state index is 0.311. The van der Waals surface area contributed by atoms with E-state index in [4.69, 9.17) is 9.84 Å². The summed E-state index contributed by atoms with van der Waals surface area (Å²) >= 11 is 0. The van der Waals surface area contributed by atoms with Crippen molar-refractivity contribution in [2.24, 2.45) is 0 Å². The number of ether oxygens (including phenoxy) is 1. The summed E-state index contributed by atoms with van der Waals surface area (Å²) in [5.41, 5.74) is 4.36. The molecule has 28 heavy (non-hydrogen) atoms. The van der Waals surface area contributed by atoms with E-state index in [2.05, 4.69) is 25.4 Å². The molecule has 3 aliphatic carbocycles. The highest BCUT2D eigenvalue weighted by Gasteiger charge is 2.39. The van der Waals surface area contributed by atoms with E-state index in [-0.39, 0.29) is 0 Å². The monoisotopic (exact) mass is 373 g/mol. The Bertz CT molecular complexity index is 1130. The maximum Gasteiger partial charge on any atom is 0.236 e. The number of hydrogen-bond donors (Lipinski definition) is 1. The van der Waals surface area contributed by atoms with Crippen LogP contribution in [0.4, 0.5) is 0 Å². The largest absolute Gasteiger partial charge is 0.468 e. The second-order valence-corrected chi connectivity index (χ2v) is 7.53. The Kier molecular flexibility index (Phi) is 3.44. The maximum absolute atomic E-state index is 6.15. The molecule has 2 bridgehead atoms. The van der Waals surface area contributed by atoms with Gasteiger partial charge in [0, 0.05) is 16.7 Å². The van der Waals surface area contributed by atoms with Crippen LogP contribution >= 0.6 is 0 Å². The first-order valence-corrected chi connectivity index (χ1v) is 9.70. The van der Waals surface area contributed by atoms with Gasteiger partial charge >= 0.3 is 0 Å². The van der Waals surface area contributed by atoms with E-state index in [9.17, 15) is 0 Å². The van der Waals surface area contributed by atoms with Crippen LogP contribution in [0.25, 0.3) is 17.0 Å². The van der Waals surface area contributed by atoms with Crippen molar-refractivity contribution < 1.29 is 4.74 Å². The molecule has 0 atom stereocenters. The summed E-state index contributed by atoms with van der Waals surface area (Å²) < 4.78 is 8.00. The molecular formula is C20H19N7O. The fourth-order valence-electron chi connectivity index (χ4n) is 4.70. The van der Waals surface area contributed by atoms with Gasteiger partial charge in [0.1, 0.15) is 12.9 Å². The van der Waals surface area contributed by atoms with E-state index < -0.39 is 0 Å². The molecule has 3 heterocycles. The van der Waals surface area contributed by atoms with E-state index in [1.165, 1.54) is 43.1 Å². The molecule has 1 fully saturated rings. The Morgan fingerprint density at radius 3 is 2.54 bits per heavy atom. The van der Waals surface area contributed by atoms with E-state index >= 15 is 0 Å². The predicted octanol–water partition coefficient (Wildman–Crippen LogP) is 3.24. The van der Waals surface area contributed by atoms with E-state index in [0.717, 1.165) is 17.0 Å².